The van der Waals surface area contributed by atoms with Crippen molar-refractivity contribution in [1.82, 2.24) is 15.4 Å². The number of hydrogen-bond acceptors (Lipinski definition) is 4. The zero-order valence-electron chi connectivity index (χ0n) is 12.1. The van der Waals surface area contributed by atoms with Crippen LogP contribution in [0.2, 0.25) is 5.15 Å². The van der Waals surface area contributed by atoms with Crippen LogP contribution >= 0.6 is 11.6 Å². The number of amides is 1. The largest absolute Gasteiger partial charge is 0.416 e. The van der Waals surface area contributed by atoms with E-state index in [0.717, 1.165) is 12.1 Å². The van der Waals surface area contributed by atoms with Crippen LogP contribution in [0, 0.1) is 5.92 Å². The van der Waals surface area contributed by atoms with Gasteiger partial charge in [-0.25, -0.2) is 9.97 Å². The second-order valence-corrected chi connectivity index (χ2v) is 5.74. The van der Waals surface area contributed by atoms with Gasteiger partial charge in [-0.1, -0.05) is 29.8 Å². The molecule has 0 bridgehead atoms. The van der Waals surface area contributed by atoms with Crippen LogP contribution in [0.3, 0.4) is 0 Å². The Labute approximate surface area is 140 Å². The number of nitrogens with one attached hydrogen (secondary N) is 2. The molecule has 1 fully saturated rings. The molecule has 1 aliphatic carbocycles. The van der Waals surface area contributed by atoms with Crippen LogP contribution < -0.4 is 10.9 Å². The van der Waals surface area contributed by atoms with Gasteiger partial charge in [0.25, 0.3) is 0 Å². The van der Waals surface area contributed by atoms with Crippen LogP contribution in [0.25, 0.3) is 0 Å². The van der Waals surface area contributed by atoms with Gasteiger partial charge in [-0.15, -0.1) is 0 Å². The number of carbonyl (C=O) groups excluding carboxylic acids is 1. The van der Waals surface area contributed by atoms with Gasteiger partial charge >= 0.3 is 6.18 Å². The lowest BCUT2D eigenvalue weighted by Crippen LogP contribution is -2.31. The van der Waals surface area contributed by atoms with Crippen LogP contribution in [-0.4, -0.2) is 15.9 Å². The third-order valence-corrected chi connectivity index (χ3v) is 4.00. The van der Waals surface area contributed by atoms with Crippen molar-refractivity contribution in [3.63, 3.8) is 0 Å². The summed E-state index contributed by atoms with van der Waals surface area (Å²) < 4.78 is 38.2. The zero-order valence-corrected chi connectivity index (χ0v) is 12.9. The van der Waals surface area contributed by atoms with Crippen molar-refractivity contribution in [1.29, 1.82) is 0 Å². The zero-order chi connectivity index (χ0) is 17.3. The molecule has 1 aromatic carbocycles. The number of carbonyl (C=O) groups is 1. The molecule has 0 unspecified atom stereocenters. The number of aromatic nitrogens is 2. The van der Waals surface area contributed by atoms with E-state index in [9.17, 15) is 18.0 Å². The molecule has 1 heterocycles. The van der Waals surface area contributed by atoms with Gasteiger partial charge in [0, 0.05) is 18.3 Å². The monoisotopic (exact) mass is 356 g/mol. The molecule has 5 nitrogen and oxygen atoms in total. The quantitative estimate of drug-likeness (QED) is 0.824. The molecule has 9 heteroatoms. The van der Waals surface area contributed by atoms with Gasteiger partial charge in [0.1, 0.15) is 0 Å². The summed E-state index contributed by atoms with van der Waals surface area (Å²) in [5.41, 5.74) is 4.79. The Bertz CT molecular complexity index is 768. The summed E-state index contributed by atoms with van der Waals surface area (Å²) in [5.74, 6) is -0.759. The van der Waals surface area contributed by atoms with Gasteiger partial charge in [-0.2, -0.15) is 13.2 Å². The van der Waals surface area contributed by atoms with Crippen molar-refractivity contribution < 1.29 is 18.0 Å². The average molecular weight is 357 g/mol. The predicted molar refractivity (Wildman–Crippen MR) is 81.1 cm³/mol. The van der Waals surface area contributed by atoms with Gasteiger partial charge in [0.15, 0.2) is 11.0 Å². The fourth-order valence-corrected chi connectivity index (χ4v) is 2.57. The summed E-state index contributed by atoms with van der Waals surface area (Å²) in [6.45, 7) is 0. The Morgan fingerprint density at radius 1 is 1.25 bits per heavy atom. The standard InChI is InChI=1S/C15H12ClF3N4O/c16-12-13(21-5-4-20-12)22-23-14(24)11-7-10(11)8-2-1-3-9(6-8)15(17,18)19/h1-6,10-11H,7H2,(H,21,22)(H,23,24)/t10-,11+/m0/s1. The third kappa shape index (κ3) is 3.59. The summed E-state index contributed by atoms with van der Waals surface area (Å²) in [7, 11) is 0. The number of alkyl halides is 3. The lowest BCUT2D eigenvalue weighted by atomic mass is 10.1. The maximum absolute atomic E-state index is 12.7. The van der Waals surface area contributed by atoms with E-state index in [1.165, 1.54) is 18.5 Å². The minimum absolute atomic E-state index is 0.100. The number of hydrogen-bond donors (Lipinski definition) is 2. The Kier molecular flexibility index (Phi) is 4.31. The first-order chi connectivity index (χ1) is 11.4. The smallest absolute Gasteiger partial charge is 0.279 e. The molecule has 24 heavy (non-hydrogen) atoms. The van der Waals surface area contributed by atoms with Crippen LogP contribution in [-0.2, 0) is 11.0 Å². The summed E-state index contributed by atoms with van der Waals surface area (Å²) in [6.07, 6.45) is -1.10. The molecule has 0 aliphatic heterocycles. The van der Waals surface area contributed by atoms with E-state index in [1.807, 2.05) is 0 Å². The molecule has 126 valence electrons. The van der Waals surface area contributed by atoms with Crippen LogP contribution in [0.15, 0.2) is 36.7 Å². The van der Waals surface area contributed by atoms with Crippen molar-refractivity contribution in [2.75, 3.05) is 5.43 Å². The second kappa shape index (κ2) is 6.27. The van der Waals surface area contributed by atoms with Crippen LogP contribution in [0.5, 0.6) is 0 Å². The normalized spacial score (nSPS) is 19.7. The van der Waals surface area contributed by atoms with Crippen molar-refractivity contribution in [3.05, 3.63) is 52.9 Å². The molecule has 1 amide bonds. The second-order valence-electron chi connectivity index (χ2n) is 5.38. The minimum atomic E-state index is -4.40. The van der Waals surface area contributed by atoms with Crippen molar-refractivity contribution in [3.8, 4) is 0 Å². The number of hydrazine groups is 1. The molecule has 0 spiro atoms. The van der Waals surface area contributed by atoms with Crippen molar-refractivity contribution in [2.24, 2.45) is 5.92 Å². The molecule has 0 radical (unpaired) electrons. The summed E-state index contributed by atoms with van der Waals surface area (Å²) in [4.78, 5) is 19.8. The Balaban J connectivity index is 1.61. The molecule has 3 rings (SSSR count). The van der Waals surface area contributed by atoms with E-state index in [4.69, 9.17) is 11.6 Å². The van der Waals surface area contributed by atoms with Crippen molar-refractivity contribution >= 4 is 23.3 Å². The minimum Gasteiger partial charge on any atom is -0.279 e. The van der Waals surface area contributed by atoms with Crippen molar-refractivity contribution in [2.45, 2.75) is 18.5 Å². The number of anilines is 1. The van der Waals surface area contributed by atoms with E-state index < -0.39 is 17.7 Å². The highest BCUT2D eigenvalue weighted by molar-refractivity contribution is 6.31. The molecule has 0 saturated heterocycles. The van der Waals surface area contributed by atoms with E-state index in [2.05, 4.69) is 20.8 Å². The fraction of sp³-hybridized carbons (Fsp3) is 0.267. The van der Waals surface area contributed by atoms with E-state index >= 15 is 0 Å². The van der Waals surface area contributed by atoms with Gasteiger partial charge in [0.2, 0.25) is 5.91 Å². The molecule has 2 N–H and O–H groups in total. The number of benzene rings is 1. The number of nitrogens with zero attached hydrogens (tertiary/aromatic N) is 2. The highest BCUT2D eigenvalue weighted by Gasteiger charge is 2.44. The van der Waals surface area contributed by atoms with Crippen LogP contribution in [0.4, 0.5) is 19.0 Å². The number of halogens is 4. The van der Waals surface area contributed by atoms with E-state index in [1.54, 1.807) is 6.07 Å². The molecule has 1 saturated carbocycles. The SMILES string of the molecule is O=C(NNc1nccnc1Cl)[C@@H]1C[C@H]1c1cccc(C(F)(F)F)c1. The molecular weight excluding hydrogens is 345 g/mol. The van der Waals surface area contributed by atoms with Gasteiger partial charge < -0.3 is 0 Å². The highest BCUT2D eigenvalue weighted by atomic mass is 35.5. The highest BCUT2D eigenvalue weighted by Crippen LogP contribution is 2.48. The van der Waals surface area contributed by atoms with E-state index in [0.29, 0.717) is 12.0 Å². The average Bonchev–Trinajstić information content (AvgIpc) is 3.34. The first kappa shape index (κ1) is 16.5. The summed E-state index contributed by atoms with van der Waals surface area (Å²) in [6, 6.07) is 5.05. The van der Waals surface area contributed by atoms with Gasteiger partial charge in [-0.05, 0) is 24.0 Å². The van der Waals surface area contributed by atoms with E-state index in [-0.39, 0.29) is 22.8 Å². The Hall–Kier alpha value is -2.35. The maximum Gasteiger partial charge on any atom is 0.416 e. The third-order valence-electron chi connectivity index (χ3n) is 3.73. The lowest BCUT2D eigenvalue weighted by Gasteiger charge is -2.09. The fourth-order valence-electron chi connectivity index (χ4n) is 2.42. The molecule has 1 aromatic heterocycles. The molecule has 2 aromatic rings. The Morgan fingerprint density at radius 2 is 2.00 bits per heavy atom. The number of rotatable bonds is 4. The summed E-state index contributed by atoms with van der Waals surface area (Å²) >= 11 is 5.79. The first-order valence-electron chi connectivity index (χ1n) is 7.06. The first-order valence-corrected chi connectivity index (χ1v) is 7.43. The molecular formula is C15H12ClF3N4O. The molecule has 2 atom stereocenters. The molecule has 1 aliphatic rings. The lowest BCUT2D eigenvalue weighted by molar-refractivity contribution is -0.137. The topological polar surface area (TPSA) is 66.9 Å². The van der Waals surface area contributed by atoms with Gasteiger partial charge in [-0.3, -0.25) is 15.6 Å². The Morgan fingerprint density at radius 3 is 2.71 bits per heavy atom. The predicted octanol–water partition coefficient (Wildman–Crippen LogP) is 3.40. The maximum atomic E-state index is 12.7. The van der Waals surface area contributed by atoms with Gasteiger partial charge in [0.05, 0.1) is 5.56 Å². The summed E-state index contributed by atoms with van der Waals surface area (Å²) in [5, 5.41) is 0.100. The van der Waals surface area contributed by atoms with Crippen LogP contribution in [0.1, 0.15) is 23.5 Å².